The van der Waals surface area contributed by atoms with Crippen LogP contribution in [0.1, 0.15) is 11.3 Å². The summed E-state index contributed by atoms with van der Waals surface area (Å²) in [4.78, 5) is 0.0441. The fourth-order valence-corrected chi connectivity index (χ4v) is 3.22. The Hall–Kier alpha value is -2.80. The van der Waals surface area contributed by atoms with Gasteiger partial charge in [-0.25, -0.2) is 0 Å². The first-order valence-electron chi connectivity index (χ1n) is 7.61. The van der Waals surface area contributed by atoms with Gasteiger partial charge in [0.05, 0.1) is 18.5 Å². The number of hydrogen-bond acceptors (Lipinski definition) is 5. The molecule has 0 spiro atoms. The molecule has 0 aliphatic carbocycles. The highest BCUT2D eigenvalue weighted by Gasteiger charge is 2.20. The number of aryl methyl sites for hydroxylation is 2. The van der Waals surface area contributed by atoms with Crippen molar-refractivity contribution in [3.63, 3.8) is 0 Å². The lowest BCUT2D eigenvalue weighted by atomic mass is 10.2. The summed E-state index contributed by atoms with van der Waals surface area (Å²) < 4.78 is 36.9. The van der Waals surface area contributed by atoms with E-state index in [1.807, 2.05) is 31.2 Å². The molecule has 25 heavy (non-hydrogen) atoms. The van der Waals surface area contributed by atoms with Crippen LogP contribution in [0.5, 0.6) is 11.6 Å². The van der Waals surface area contributed by atoms with E-state index in [4.69, 9.17) is 8.92 Å². The Labute approximate surface area is 146 Å². The van der Waals surface area contributed by atoms with Crippen molar-refractivity contribution in [1.29, 1.82) is 0 Å². The second kappa shape index (κ2) is 6.60. The summed E-state index contributed by atoms with van der Waals surface area (Å²) in [6.07, 6.45) is 0. The average Bonchev–Trinajstić information content (AvgIpc) is 2.95. The predicted octanol–water partition coefficient (Wildman–Crippen LogP) is 3.27. The normalized spacial score (nSPS) is 11.3. The van der Waals surface area contributed by atoms with Crippen LogP contribution in [0, 0.1) is 13.8 Å². The topological polar surface area (TPSA) is 70.4 Å². The van der Waals surface area contributed by atoms with E-state index in [0.29, 0.717) is 11.4 Å². The Balaban J connectivity index is 1.95. The van der Waals surface area contributed by atoms with Crippen molar-refractivity contribution in [3.8, 4) is 17.3 Å². The molecule has 1 heterocycles. The minimum atomic E-state index is -3.98. The van der Waals surface area contributed by atoms with Crippen molar-refractivity contribution in [2.75, 3.05) is 7.11 Å². The number of hydrogen-bond donors (Lipinski definition) is 0. The molecule has 7 heteroatoms. The summed E-state index contributed by atoms with van der Waals surface area (Å²) in [6, 6.07) is 15.2. The first-order valence-corrected chi connectivity index (χ1v) is 9.02. The van der Waals surface area contributed by atoms with Crippen molar-refractivity contribution in [2.24, 2.45) is 0 Å². The Bertz CT molecular complexity index is 975. The largest absolute Gasteiger partial charge is 0.497 e. The minimum Gasteiger partial charge on any atom is -0.497 e. The molecule has 0 unspecified atom stereocenters. The predicted molar refractivity (Wildman–Crippen MR) is 93.8 cm³/mol. The lowest BCUT2D eigenvalue weighted by molar-refractivity contribution is 0.414. The van der Waals surface area contributed by atoms with Gasteiger partial charge >= 0.3 is 10.1 Å². The van der Waals surface area contributed by atoms with Gasteiger partial charge < -0.3 is 8.92 Å². The number of ether oxygens (including phenoxy) is 1. The third kappa shape index (κ3) is 3.66. The fraction of sp³-hybridized carbons (Fsp3) is 0.167. The van der Waals surface area contributed by atoms with Crippen molar-refractivity contribution in [2.45, 2.75) is 18.7 Å². The van der Waals surface area contributed by atoms with Gasteiger partial charge in [0.1, 0.15) is 10.6 Å². The van der Waals surface area contributed by atoms with E-state index in [2.05, 4.69) is 5.10 Å². The standard InChI is InChI=1S/C18H18N2O4S/c1-13-4-6-15(7-5-13)20-18(12-14(2)19-20)24-25(21,22)17-10-8-16(23-3)9-11-17/h4-12H,1-3H3. The van der Waals surface area contributed by atoms with Gasteiger partial charge in [0.15, 0.2) is 0 Å². The molecule has 0 radical (unpaired) electrons. The van der Waals surface area contributed by atoms with Gasteiger partial charge in [0.25, 0.3) is 0 Å². The molecular formula is C18H18N2O4S. The monoisotopic (exact) mass is 358 g/mol. The highest BCUT2D eigenvalue weighted by molar-refractivity contribution is 7.87. The number of aromatic nitrogens is 2. The molecule has 130 valence electrons. The second-order valence-electron chi connectivity index (χ2n) is 5.58. The van der Waals surface area contributed by atoms with Crippen LogP contribution in [0.25, 0.3) is 5.69 Å². The molecule has 0 aliphatic heterocycles. The maximum absolute atomic E-state index is 12.5. The number of benzene rings is 2. The number of rotatable bonds is 5. The summed E-state index contributed by atoms with van der Waals surface area (Å²) in [5.41, 5.74) is 2.47. The first kappa shape index (κ1) is 17.0. The Kier molecular flexibility index (Phi) is 4.50. The Morgan fingerprint density at radius 1 is 0.960 bits per heavy atom. The number of nitrogens with zero attached hydrogens (tertiary/aromatic N) is 2. The highest BCUT2D eigenvalue weighted by atomic mass is 32.2. The first-order chi connectivity index (χ1) is 11.9. The zero-order valence-electron chi connectivity index (χ0n) is 14.1. The lowest BCUT2D eigenvalue weighted by Gasteiger charge is -2.10. The molecule has 0 saturated carbocycles. The molecule has 0 fully saturated rings. The van der Waals surface area contributed by atoms with Gasteiger partial charge in [-0.15, -0.1) is 0 Å². The maximum atomic E-state index is 12.5. The van der Waals surface area contributed by atoms with Crippen LogP contribution >= 0.6 is 0 Å². The van der Waals surface area contributed by atoms with Crippen molar-refractivity contribution >= 4 is 10.1 Å². The van der Waals surface area contributed by atoms with E-state index in [1.165, 1.54) is 23.9 Å². The molecule has 0 N–H and O–H groups in total. The molecule has 0 saturated heterocycles. The summed E-state index contributed by atoms with van der Waals surface area (Å²) in [5.74, 6) is 0.705. The summed E-state index contributed by atoms with van der Waals surface area (Å²) in [7, 11) is -2.46. The Morgan fingerprint density at radius 3 is 2.20 bits per heavy atom. The quantitative estimate of drug-likeness (QED) is 0.655. The third-order valence-corrected chi connectivity index (χ3v) is 4.86. The zero-order valence-corrected chi connectivity index (χ0v) is 14.9. The molecule has 6 nitrogen and oxygen atoms in total. The third-order valence-electron chi connectivity index (χ3n) is 3.62. The zero-order chi connectivity index (χ0) is 18.0. The molecule has 3 rings (SSSR count). The molecule has 2 aromatic carbocycles. The van der Waals surface area contributed by atoms with Crippen LogP contribution in [0.2, 0.25) is 0 Å². The highest BCUT2D eigenvalue weighted by Crippen LogP contribution is 2.24. The molecular weight excluding hydrogens is 340 g/mol. The van der Waals surface area contributed by atoms with E-state index in [0.717, 1.165) is 11.3 Å². The van der Waals surface area contributed by atoms with Gasteiger partial charge in [0.2, 0.25) is 5.88 Å². The molecule has 0 bridgehead atoms. The SMILES string of the molecule is COc1ccc(S(=O)(=O)Oc2cc(C)nn2-c2ccc(C)cc2)cc1. The summed E-state index contributed by atoms with van der Waals surface area (Å²) >= 11 is 0. The second-order valence-corrected chi connectivity index (χ2v) is 7.13. The van der Waals surface area contributed by atoms with E-state index in [1.54, 1.807) is 25.1 Å². The van der Waals surface area contributed by atoms with Crippen molar-refractivity contribution < 1.29 is 17.3 Å². The van der Waals surface area contributed by atoms with Gasteiger partial charge in [-0.2, -0.15) is 18.2 Å². The van der Waals surface area contributed by atoms with Crippen molar-refractivity contribution in [1.82, 2.24) is 9.78 Å². The van der Waals surface area contributed by atoms with Crippen LogP contribution in [-0.2, 0) is 10.1 Å². The van der Waals surface area contributed by atoms with Gasteiger partial charge in [-0.1, -0.05) is 17.7 Å². The van der Waals surface area contributed by atoms with Crippen LogP contribution in [0.15, 0.2) is 59.5 Å². The molecule has 0 amide bonds. The lowest BCUT2D eigenvalue weighted by Crippen LogP contribution is -2.12. The van der Waals surface area contributed by atoms with Gasteiger partial charge in [-0.05, 0) is 50.2 Å². The molecule has 1 aromatic heterocycles. The minimum absolute atomic E-state index is 0.0441. The smallest absolute Gasteiger partial charge is 0.340 e. The fourth-order valence-electron chi connectivity index (χ4n) is 2.31. The van der Waals surface area contributed by atoms with Crippen LogP contribution in [0.3, 0.4) is 0 Å². The summed E-state index contributed by atoms with van der Waals surface area (Å²) in [5, 5.41) is 4.32. The van der Waals surface area contributed by atoms with E-state index >= 15 is 0 Å². The molecule has 0 atom stereocenters. The van der Waals surface area contributed by atoms with Crippen LogP contribution in [-0.4, -0.2) is 25.3 Å². The Morgan fingerprint density at radius 2 is 1.60 bits per heavy atom. The molecule has 0 aliphatic rings. The average molecular weight is 358 g/mol. The van der Waals surface area contributed by atoms with E-state index in [-0.39, 0.29) is 10.8 Å². The van der Waals surface area contributed by atoms with Crippen molar-refractivity contribution in [3.05, 3.63) is 65.9 Å². The van der Waals surface area contributed by atoms with E-state index < -0.39 is 10.1 Å². The maximum Gasteiger partial charge on any atom is 0.340 e. The van der Waals surface area contributed by atoms with Crippen LogP contribution in [0.4, 0.5) is 0 Å². The van der Waals surface area contributed by atoms with Gasteiger partial charge in [-0.3, -0.25) is 0 Å². The van der Waals surface area contributed by atoms with Gasteiger partial charge in [0, 0.05) is 6.07 Å². The molecule has 3 aromatic rings. The van der Waals surface area contributed by atoms with Crippen LogP contribution < -0.4 is 8.92 Å². The summed E-state index contributed by atoms with van der Waals surface area (Å²) in [6.45, 7) is 3.75. The van der Waals surface area contributed by atoms with E-state index in [9.17, 15) is 8.42 Å². The number of methoxy groups -OCH3 is 1.